The molecule has 0 bridgehead atoms. The fraction of sp³-hybridized carbons (Fsp3) is 0.260. The zero-order valence-corrected chi connectivity index (χ0v) is 36.1. The van der Waals surface area contributed by atoms with E-state index in [0.29, 0.717) is 46.9 Å². The van der Waals surface area contributed by atoms with Gasteiger partial charge in [0.25, 0.3) is 0 Å². The Morgan fingerprint density at radius 1 is 0.803 bits per heavy atom. The number of ether oxygens (including phenoxy) is 4. The Kier molecular flexibility index (Phi) is 14.3. The highest BCUT2D eigenvalue weighted by atomic mass is 35.5. The van der Waals surface area contributed by atoms with Crippen molar-refractivity contribution in [3.8, 4) is 28.4 Å². The van der Waals surface area contributed by atoms with Gasteiger partial charge in [-0.25, -0.2) is 4.79 Å². The van der Waals surface area contributed by atoms with E-state index in [-0.39, 0.29) is 24.5 Å². The lowest BCUT2D eigenvalue weighted by molar-refractivity contribution is -0.145. The van der Waals surface area contributed by atoms with Crippen molar-refractivity contribution in [1.29, 1.82) is 0 Å². The fourth-order valence-electron chi connectivity index (χ4n) is 7.44. The number of rotatable bonds is 16. The number of amides is 1. The number of benzene rings is 5. The summed E-state index contributed by atoms with van der Waals surface area (Å²) >= 11 is 12.2. The summed E-state index contributed by atoms with van der Waals surface area (Å²) in [5, 5.41) is 7.62. The van der Waals surface area contributed by atoms with Gasteiger partial charge in [0.05, 0.1) is 23.2 Å². The normalized spacial score (nSPS) is 14.7. The summed E-state index contributed by atoms with van der Waals surface area (Å²) in [6, 6.07) is 37.2. The minimum Gasteiger partial charge on any atom is -0.489 e. The number of aromatic nitrogens is 1. The molecule has 2 N–H and O–H groups in total. The van der Waals surface area contributed by atoms with Crippen LogP contribution in [0.4, 0.5) is 0 Å². The van der Waals surface area contributed by atoms with E-state index in [1.807, 2.05) is 116 Å². The van der Waals surface area contributed by atoms with Crippen LogP contribution in [-0.2, 0) is 33.8 Å². The van der Waals surface area contributed by atoms with Gasteiger partial charge in [-0.3, -0.25) is 15.1 Å². The number of halogens is 2. The van der Waals surface area contributed by atoms with Crippen molar-refractivity contribution < 1.29 is 28.5 Å². The standard InChI is InChI=1S/C50H49Cl2N3O6/c1-5-43(37-9-7-6-8-10-37)54-44(49(56)55-45(50(57)58-4)26-33-11-15-36(16-12-33)40-23-24-53-32(3)31(40)2)27-34-14-22-46-47(28-34)60-30-48(61-46)38-17-19-39(20-18-38)59-29-35-13-21-41(51)42(52)25-35/h6-25,28,43-45,48,54H,5,26-27,29-30H2,1-4H3,(H,55,56)/t43-,44-,45-,48+/m0/s1. The molecule has 9 nitrogen and oxygen atoms in total. The van der Waals surface area contributed by atoms with Gasteiger partial charge in [-0.05, 0) is 114 Å². The average Bonchev–Trinajstić information content (AvgIpc) is 3.29. The minimum atomic E-state index is -0.908. The maximum Gasteiger partial charge on any atom is 0.328 e. The molecular weight excluding hydrogens is 809 g/mol. The van der Waals surface area contributed by atoms with Crippen molar-refractivity contribution in [2.24, 2.45) is 0 Å². The molecule has 1 aliphatic heterocycles. The number of aryl methyl sites for hydroxylation is 1. The maximum atomic E-state index is 14.3. The van der Waals surface area contributed by atoms with Gasteiger partial charge in [0.15, 0.2) is 17.6 Å². The third-order valence-electron chi connectivity index (χ3n) is 11.0. The quantitative estimate of drug-likeness (QED) is 0.0927. The van der Waals surface area contributed by atoms with Gasteiger partial charge in [-0.2, -0.15) is 0 Å². The number of esters is 1. The number of carbonyl (C=O) groups is 2. The Balaban J connectivity index is 1.04. The first-order valence-electron chi connectivity index (χ1n) is 20.4. The average molecular weight is 859 g/mol. The zero-order valence-electron chi connectivity index (χ0n) is 34.6. The van der Waals surface area contributed by atoms with Crippen LogP contribution in [0, 0.1) is 13.8 Å². The maximum absolute atomic E-state index is 14.3. The van der Waals surface area contributed by atoms with E-state index in [1.165, 1.54) is 7.11 Å². The lowest BCUT2D eigenvalue weighted by atomic mass is 9.97. The molecule has 1 aliphatic rings. The molecule has 0 aliphatic carbocycles. The second-order valence-corrected chi connectivity index (χ2v) is 16.0. The van der Waals surface area contributed by atoms with Crippen molar-refractivity contribution in [2.75, 3.05) is 13.7 Å². The van der Waals surface area contributed by atoms with Crippen LogP contribution >= 0.6 is 23.2 Å². The summed E-state index contributed by atoms with van der Waals surface area (Å²) in [5.74, 6) is 1.07. The Labute approximate surface area is 367 Å². The second-order valence-electron chi connectivity index (χ2n) is 15.2. The van der Waals surface area contributed by atoms with E-state index in [1.54, 1.807) is 18.3 Å². The highest BCUT2D eigenvalue weighted by Crippen LogP contribution is 2.38. The molecule has 0 saturated carbocycles. The van der Waals surface area contributed by atoms with Crippen molar-refractivity contribution >= 4 is 35.1 Å². The number of nitrogens with zero attached hydrogens (tertiary/aromatic N) is 1. The van der Waals surface area contributed by atoms with Crippen LogP contribution in [0.15, 0.2) is 128 Å². The largest absolute Gasteiger partial charge is 0.489 e. The number of fused-ring (bicyclic) bond motifs is 1. The first kappa shape index (κ1) is 43.2. The molecule has 0 unspecified atom stereocenters. The van der Waals surface area contributed by atoms with Crippen molar-refractivity contribution in [1.82, 2.24) is 15.6 Å². The highest BCUT2D eigenvalue weighted by molar-refractivity contribution is 6.42. The van der Waals surface area contributed by atoms with Gasteiger partial charge in [-0.15, -0.1) is 0 Å². The predicted octanol–water partition coefficient (Wildman–Crippen LogP) is 10.3. The predicted molar refractivity (Wildman–Crippen MR) is 239 cm³/mol. The van der Waals surface area contributed by atoms with Gasteiger partial charge in [0.2, 0.25) is 5.91 Å². The lowest BCUT2D eigenvalue weighted by Gasteiger charge is -2.29. The smallest absolute Gasteiger partial charge is 0.328 e. The van der Waals surface area contributed by atoms with Gasteiger partial charge in [-0.1, -0.05) is 109 Å². The van der Waals surface area contributed by atoms with E-state index in [4.69, 9.17) is 42.1 Å². The van der Waals surface area contributed by atoms with Gasteiger partial charge < -0.3 is 24.3 Å². The third kappa shape index (κ3) is 10.9. The summed E-state index contributed by atoms with van der Waals surface area (Å²) in [5.41, 5.74) is 8.91. The minimum absolute atomic E-state index is 0.118. The van der Waals surface area contributed by atoms with Crippen molar-refractivity contribution in [3.05, 3.63) is 177 Å². The molecule has 5 aromatic carbocycles. The van der Waals surface area contributed by atoms with Gasteiger partial charge in [0, 0.05) is 24.4 Å². The van der Waals surface area contributed by atoms with Crippen LogP contribution in [0.1, 0.15) is 64.6 Å². The molecule has 0 fully saturated rings. The number of methoxy groups -OCH3 is 1. The summed E-state index contributed by atoms with van der Waals surface area (Å²) in [6.45, 7) is 6.78. The van der Waals surface area contributed by atoms with Crippen LogP contribution in [0.25, 0.3) is 11.1 Å². The third-order valence-corrected chi connectivity index (χ3v) is 11.8. The van der Waals surface area contributed by atoms with Crippen LogP contribution in [0.2, 0.25) is 10.0 Å². The number of hydrogen-bond acceptors (Lipinski definition) is 8. The van der Waals surface area contributed by atoms with E-state index >= 15 is 0 Å². The molecule has 0 radical (unpaired) electrons. The van der Waals surface area contributed by atoms with E-state index in [9.17, 15) is 9.59 Å². The molecule has 1 amide bonds. The van der Waals surface area contributed by atoms with Gasteiger partial charge >= 0.3 is 5.97 Å². The van der Waals surface area contributed by atoms with Crippen molar-refractivity contribution in [2.45, 2.75) is 70.9 Å². The van der Waals surface area contributed by atoms with Crippen molar-refractivity contribution in [3.63, 3.8) is 0 Å². The fourth-order valence-corrected chi connectivity index (χ4v) is 7.76. The molecule has 7 rings (SSSR count). The summed E-state index contributed by atoms with van der Waals surface area (Å²) in [6.07, 6.45) is 2.81. The molecule has 61 heavy (non-hydrogen) atoms. The highest BCUT2D eigenvalue weighted by Gasteiger charge is 2.30. The number of carbonyl (C=O) groups excluding carboxylic acids is 2. The molecule has 2 heterocycles. The summed E-state index contributed by atoms with van der Waals surface area (Å²) in [7, 11) is 1.34. The number of hydrogen-bond donors (Lipinski definition) is 2. The SMILES string of the molecule is CC[C@H](N[C@@H](Cc1ccc2c(c1)OC[C@H](c1ccc(OCc3ccc(Cl)c(Cl)c3)cc1)O2)C(=O)N[C@@H](Cc1ccc(-c2ccnc(C)c2C)cc1)C(=O)OC)c1ccccc1. The molecule has 314 valence electrons. The Hall–Kier alpha value is -5.87. The topological polar surface area (TPSA) is 108 Å². The molecule has 11 heteroatoms. The Bertz CT molecular complexity index is 2450. The summed E-state index contributed by atoms with van der Waals surface area (Å²) in [4.78, 5) is 31.9. The van der Waals surface area contributed by atoms with E-state index in [0.717, 1.165) is 56.6 Å². The van der Waals surface area contributed by atoms with Gasteiger partial charge in [0.1, 0.15) is 25.0 Å². The summed E-state index contributed by atoms with van der Waals surface area (Å²) < 4.78 is 23.8. The zero-order chi connectivity index (χ0) is 42.9. The molecule has 0 saturated heterocycles. The number of nitrogens with one attached hydrogen (secondary N) is 2. The first-order valence-corrected chi connectivity index (χ1v) is 21.1. The molecular formula is C50H49Cl2N3O6. The molecule has 4 atom stereocenters. The molecule has 0 spiro atoms. The van der Waals surface area contributed by atoms with Crippen LogP contribution in [0.3, 0.4) is 0 Å². The lowest BCUT2D eigenvalue weighted by Crippen LogP contribution is -2.52. The van der Waals surface area contributed by atoms with E-state index in [2.05, 4.69) is 29.5 Å². The number of pyridine rings is 1. The van der Waals surface area contributed by atoms with Crippen LogP contribution in [-0.4, -0.2) is 42.7 Å². The second kappa shape index (κ2) is 20.1. The molecule has 1 aromatic heterocycles. The van der Waals surface area contributed by atoms with Crippen LogP contribution < -0.4 is 24.8 Å². The Morgan fingerprint density at radius 2 is 1.52 bits per heavy atom. The molecule has 6 aromatic rings. The van der Waals surface area contributed by atoms with Crippen LogP contribution in [0.5, 0.6) is 17.2 Å². The Morgan fingerprint density at radius 3 is 2.25 bits per heavy atom. The van der Waals surface area contributed by atoms with E-state index < -0.39 is 18.1 Å². The first-order chi connectivity index (χ1) is 29.6. The monoisotopic (exact) mass is 857 g/mol.